The Morgan fingerprint density at radius 1 is 1.17 bits per heavy atom. The third-order valence-electron chi connectivity index (χ3n) is 10.8. The van der Waals surface area contributed by atoms with Crippen LogP contribution in [0.2, 0.25) is 0 Å². The number of aliphatic hydroxyl groups excluding tert-OH is 1. The van der Waals surface area contributed by atoms with Crippen LogP contribution in [-0.2, 0) is 19.0 Å². The number of ketones is 1. The minimum atomic E-state index is -1.32. The van der Waals surface area contributed by atoms with E-state index in [4.69, 9.17) is 14.2 Å². The summed E-state index contributed by atoms with van der Waals surface area (Å²) in [6, 6.07) is 0.767. The summed E-state index contributed by atoms with van der Waals surface area (Å²) >= 11 is 0. The molecule has 30 heavy (non-hydrogen) atoms. The van der Waals surface area contributed by atoms with Crippen LogP contribution in [0.4, 0.5) is 0 Å². The first-order valence-corrected chi connectivity index (χ1v) is 11.8. The highest BCUT2D eigenvalue weighted by Crippen LogP contribution is 2.81. The van der Waals surface area contributed by atoms with Gasteiger partial charge in [0.05, 0.1) is 18.2 Å². The van der Waals surface area contributed by atoms with E-state index < -0.39 is 28.6 Å². The smallest absolute Gasteiger partial charge is 0.213 e. The Morgan fingerprint density at radius 2 is 1.93 bits per heavy atom. The van der Waals surface area contributed by atoms with Gasteiger partial charge < -0.3 is 30.0 Å². The molecule has 9 fully saturated rings. The zero-order valence-electron chi connectivity index (χ0n) is 18.2. The molecule has 0 aromatic rings. The molecule has 164 valence electrons. The summed E-state index contributed by atoms with van der Waals surface area (Å²) in [5, 5.41) is 19.3. The van der Waals surface area contributed by atoms with E-state index in [1.165, 1.54) is 0 Å². The Morgan fingerprint density at radius 3 is 2.67 bits per heavy atom. The molecule has 4 aliphatic carbocycles. The lowest BCUT2D eigenvalue weighted by atomic mass is 9.36. The predicted octanol–water partition coefficient (Wildman–Crippen LogP) is 0.549. The van der Waals surface area contributed by atoms with Gasteiger partial charge in [0.1, 0.15) is 11.5 Å². The Hall–Kier alpha value is -0.570. The lowest BCUT2D eigenvalue weighted by molar-refractivity contribution is -0.529. The van der Waals surface area contributed by atoms with Crippen LogP contribution in [0.25, 0.3) is 0 Å². The fourth-order valence-corrected chi connectivity index (χ4v) is 10.3. The lowest BCUT2D eigenvalue weighted by Gasteiger charge is -2.77. The van der Waals surface area contributed by atoms with Gasteiger partial charge in [0.15, 0.2) is 11.6 Å². The van der Waals surface area contributed by atoms with E-state index in [1.807, 2.05) is 13.8 Å². The number of aliphatic hydroxyl groups is 1. The van der Waals surface area contributed by atoms with Crippen molar-refractivity contribution in [1.29, 1.82) is 0 Å². The Bertz CT molecular complexity index is 915. The Kier molecular flexibility index (Phi) is 2.65. The van der Waals surface area contributed by atoms with Gasteiger partial charge in [-0.2, -0.15) is 0 Å². The predicted molar refractivity (Wildman–Crippen MR) is 104 cm³/mol. The van der Waals surface area contributed by atoms with Crippen molar-refractivity contribution in [2.75, 3.05) is 13.2 Å². The molecule has 4 bridgehead atoms. The van der Waals surface area contributed by atoms with Gasteiger partial charge in [0.25, 0.3) is 0 Å². The van der Waals surface area contributed by atoms with Crippen LogP contribution in [0.5, 0.6) is 0 Å². The zero-order chi connectivity index (χ0) is 20.7. The highest BCUT2D eigenvalue weighted by molar-refractivity contribution is 6.02. The molecule has 5 saturated heterocycles. The molecular weight excluding hydrogens is 384 g/mol. The quantitative estimate of drug-likeness (QED) is 0.495. The lowest BCUT2D eigenvalue weighted by Crippen LogP contribution is -2.88. The minimum Gasteiger partial charge on any atom is -0.387 e. The van der Waals surface area contributed by atoms with Crippen molar-refractivity contribution in [3.8, 4) is 0 Å². The molecular formula is C23H32N2O5. The van der Waals surface area contributed by atoms with Gasteiger partial charge >= 0.3 is 0 Å². The first-order chi connectivity index (χ1) is 14.1. The molecule has 9 rings (SSSR count). The van der Waals surface area contributed by atoms with Crippen LogP contribution in [-0.4, -0.2) is 65.4 Å². The van der Waals surface area contributed by atoms with E-state index in [0.717, 1.165) is 19.3 Å². The summed E-state index contributed by atoms with van der Waals surface area (Å²) in [5.41, 5.74) is -1.74. The molecule has 7 heteroatoms. The van der Waals surface area contributed by atoms with Gasteiger partial charge in [-0.1, -0.05) is 13.8 Å². The highest BCUT2D eigenvalue weighted by atomic mass is 16.8. The van der Waals surface area contributed by atoms with E-state index in [9.17, 15) is 9.90 Å². The SMILES string of the molecule is CC1(C)O[C@@H]2[C@H]3CCC4[C@@]56COC(O1)([C@@H](O)C5C(C)(C)CC1NC16)[C@]42C(=O)C31CN1. The van der Waals surface area contributed by atoms with Crippen molar-refractivity contribution in [3.63, 3.8) is 0 Å². The van der Waals surface area contributed by atoms with Crippen LogP contribution in [0, 0.1) is 34.0 Å². The van der Waals surface area contributed by atoms with Crippen molar-refractivity contribution >= 4 is 5.78 Å². The van der Waals surface area contributed by atoms with Crippen LogP contribution < -0.4 is 10.6 Å². The molecule has 0 amide bonds. The summed E-state index contributed by atoms with van der Waals surface area (Å²) in [6.07, 6.45) is 1.91. The average Bonchev–Trinajstić information content (AvgIpc) is 3.55. The largest absolute Gasteiger partial charge is 0.387 e. The topological polar surface area (TPSA) is 109 Å². The number of Topliss-reactive ketones (excluding diaryl/α,β-unsaturated/α-hetero) is 1. The van der Waals surface area contributed by atoms with Crippen LogP contribution in [0.15, 0.2) is 0 Å². The summed E-state index contributed by atoms with van der Waals surface area (Å²) in [6.45, 7) is 9.66. The van der Waals surface area contributed by atoms with Crippen molar-refractivity contribution in [2.45, 2.75) is 88.4 Å². The molecule has 5 heterocycles. The molecule has 6 unspecified atom stereocenters. The molecule has 0 radical (unpaired) electrons. The number of fused-ring (bicyclic) bond motifs is 3. The molecule has 11 atom stereocenters. The van der Waals surface area contributed by atoms with Crippen molar-refractivity contribution in [3.05, 3.63) is 0 Å². The molecule has 3 N–H and O–H groups in total. The molecule has 0 aromatic carbocycles. The standard InChI is InChI=1S/C23H32N2O5/c1-18(2)7-11-14(25-11)20-9-28-23(15(26)13(18)20)22-12(20)6-5-10(21(8-24-21)17(22)27)16(22)29-19(3,4)30-23/h10-16,24-26H,5-9H2,1-4H3/t10-,11?,12?,13?,14?,15+,16-,20+,21?,22-,23?/m1/s1. The molecule has 4 saturated carbocycles. The number of carbonyl (C=O) groups excluding carboxylic acids is 1. The van der Waals surface area contributed by atoms with Gasteiger partial charge in [0.2, 0.25) is 5.79 Å². The van der Waals surface area contributed by atoms with Gasteiger partial charge in [-0.3, -0.25) is 4.79 Å². The normalized spacial score (nSPS) is 67.0. The summed E-state index contributed by atoms with van der Waals surface area (Å²) in [7, 11) is 0. The van der Waals surface area contributed by atoms with Crippen molar-refractivity contribution in [2.24, 2.45) is 34.0 Å². The molecule has 7 nitrogen and oxygen atoms in total. The first kappa shape index (κ1) is 17.9. The second-order valence-corrected chi connectivity index (χ2v) is 12.7. The van der Waals surface area contributed by atoms with Gasteiger partial charge in [0, 0.05) is 35.9 Å². The van der Waals surface area contributed by atoms with Gasteiger partial charge in [-0.05, 0) is 44.4 Å². The summed E-state index contributed by atoms with van der Waals surface area (Å²) < 4.78 is 19.9. The molecule has 5 aliphatic heterocycles. The molecule has 4 spiro atoms. The molecule has 0 aromatic heterocycles. The van der Waals surface area contributed by atoms with E-state index >= 15 is 0 Å². The number of ether oxygens (including phenoxy) is 3. The third kappa shape index (κ3) is 1.44. The zero-order valence-corrected chi connectivity index (χ0v) is 18.2. The van der Waals surface area contributed by atoms with Crippen molar-refractivity contribution < 1.29 is 24.1 Å². The van der Waals surface area contributed by atoms with Gasteiger partial charge in [-0.15, -0.1) is 0 Å². The van der Waals surface area contributed by atoms with Crippen LogP contribution in [0.3, 0.4) is 0 Å². The Balaban J connectivity index is 1.45. The van der Waals surface area contributed by atoms with E-state index in [1.54, 1.807) is 0 Å². The Labute approximate surface area is 176 Å². The third-order valence-corrected chi connectivity index (χ3v) is 10.8. The number of carbonyl (C=O) groups is 1. The van der Waals surface area contributed by atoms with Crippen LogP contribution >= 0.6 is 0 Å². The number of nitrogens with one attached hydrogen (secondary N) is 2. The monoisotopic (exact) mass is 416 g/mol. The van der Waals surface area contributed by atoms with Crippen molar-refractivity contribution in [1.82, 2.24) is 10.6 Å². The maximum atomic E-state index is 14.4. The fourth-order valence-electron chi connectivity index (χ4n) is 10.3. The van der Waals surface area contributed by atoms with E-state index in [0.29, 0.717) is 25.2 Å². The maximum Gasteiger partial charge on any atom is 0.213 e. The summed E-state index contributed by atoms with van der Waals surface area (Å²) in [5.74, 6) is -1.76. The van der Waals surface area contributed by atoms with Crippen LogP contribution in [0.1, 0.15) is 47.0 Å². The summed E-state index contributed by atoms with van der Waals surface area (Å²) in [4.78, 5) is 14.4. The average molecular weight is 417 g/mol. The molecule has 9 aliphatic rings. The number of rotatable bonds is 0. The first-order valence-electron chi connectivity index (χ1n) is 11.8. The fraction of sp³-hybridized carbons (Fsp3) is 0.957. The highest BCUT2D eigenvalue weighted by Gasteiger charge is 2.94. The second kappa shape index (κ2) is 4.44. The van der Waals surface area contributed by atoms with Gasteiger partial charge in [-0.25, -0.2) is 0 Å². The minimum absolute atomic E-state index is 0.0354. The maximum absolute atomic E-state index is 14.4. The number of hydrogen-bond donors (Lipinski definition) is 3. The number of hydrogen-bond acceptors (Lipinski definition) is 7. The van der Waals surface area contributed by atoms with E-state index in [2.05, 4.69) is 24.5 Å². The van der Waals surface area contributed by atoms with E-state index in [-0.39, 0.29) is 40.5 Å². The second-order valence-electron chi connectivity index (χ2n) is 12.7.